The predicted octanol–water partition coefficient (Wildman–Crippen LogP) is 1.47. The normalized spacial score (nSPS) is 9.38. The Morgan fingerprint density at radius 3 is 2.77 bits per heavy atom. The highest BCUT2D eigenvalue weighted by atomic mass is 16.1. The minimum absolute atomic E-state index is 0.0852. The monoisotopic (exact) mass is 179 g/mol. The van der Waals surface area contributed by atoms with Crippen LogP contribution >= 0.6 is 0 Å². The van der Waals surface area contributed by atoms with Crippen molar-refractivity contribution in [1.82, 2.24) is 4.98 Å². The fourth-order valence-electron chi connectivity index (χ4n) is 0.957. The van der Waals surface area contributed by atoms with E-state index in [2.05, 4.69) is 15.6 Å². The van der Waals surface area contributed by atoms with Gasteiger partial charge in [0.2, 0.25) is 5.91 Å². The van der Waals surface area contributed by atoms with Crippen LogP contribution in [0.3, 0.4) is 0 Å². The summed E-state index contributed by atoms with van der Waals surface area (Å²) >= 11 is 0. The molecule has 0 bridgehead atoms. The van der Waals surface area contributed by atoms with Gasteiger partial charge in [-0.1, -0.05) is 0 Å². The first-order valence-corrected chi connectivity index (χ1v) is 4.20. The molecule has 1 heterocycles. The Bertz CT molecular complexity index is 281. The van der Waals surface area contributed by atoms with Gasteiger partial charge in [-0.3, -0.25) is 4.79 Å². The summed E-state index contributed by atoms with van der Waals surface area (Å²) in [5.74, 6) is 0.731. The first-order chi connectivity index (χ1) is 6.22. The molecule has 1 aromatic rings. The van der Waals surface area contributed by atoms with E-state index in [1.807, 2.05) is 19.1 Å². The number of aromatic nitrogens is 1. The molecule has 70 valence electrons. The molecule has 0 saturated carbocycles. The number of carbonyl (C=O) groups is 1. The lowest BCUT2D eigenvalue weighted by atomic mass is 10.4. The van der Waals surface area contributed by atoms with Gasteiger partial charge in [0.05, 0.1) is 11.9 Å². The zero-order valence-electron chi connectivity index (χ0n) is 7.79. The van der Waals surface area contributed by atoms with Crippen LogP contribution in [0.15, 0.2) is 18.3 Å². The Kier molecular flexibility index (Phi) is 3.25. The standard InChI is InChI=1S/C9H13N3O/c1-3-10-9-5-4-8(6-11-9)12-7(2)13/h4-6H,3H2,1-2H3,(H,10,11)(H,12,13). The molecule has 1 rings (SSSR count). The summed E-state index contributed by atoms with van der Waals surface area (Å²) in [7, 11) is 0. The fourth-order valence-corrected chi connectivity index (χ4v) is 0.957. The van der Waals surface area contributed by atoms with Gasteiger partial charge in [0, 0.05) is 13.5 Å². The molecule has 0 unspecified atom stereocenters. The van der Waals surface area contributed by atoms with Gasteiger partial charge < -0.3 is 10.6 Å². The van der Waals surface area contributed by atoms with Crippen molar-refractivity contribution in [3.8, 4) is 0 Å². The summed E-state index contributed by atoms with van der Waals surface area (Å²) in [6.07, 6.45) is 1.62. The number of anilines is 2. The van der Waals surface area contributed by atoms with E-state index in [1.54, 1.807) is 6.20 Å². The van der Waals surface area contributed by atoms with Crippen molar-refractivity contribution >= 4 is 17.4 Å². The molecule has 4 nitrogen and oxygen atoms in total. The van der Waals surface area contributed by atoms with Crippen molar-refractivity contribution in [2.75, 3.05) is 17.2 Å². The van der Waals surface area contributed by atoms with Crippen molar-refractivity contribution in [1.29, 1.82) is 0 Å². The van der Waals surface area contributed by atoms with Crippen molar-refractivity contribution in [3.63, 3.8) is 0 Å². The third-order valence-corrected chi connectivity index (χ3v) is 1.44. The zero-order valence-corrected chi connectivity index (χ0v) is 7.79. The molecule has 0 saturated heterocycles. The lowest BCUT2D eigenvalue weighted by Crippen LogP contribution is -2.06. The number of nitrogens with zero attached hydrogens (tertiary/aromatic N) is 1. The van der Waals surface area contributed by atoms with E-state index in [-0.39, 0.29) is 5.91 Å². The first kappa shape index (κ1) is 9.51. The maximum Gasteiger partial charge on any atom is 0.221 e. The van der Waals surface area contributed by atoms with Crippen molar-refractivity contribution in [2.45, 2.75) is 13.8 Å². The number of amides is 1. The molecular weight excluding hydrogens is 166 g/mol. The van der Waals surface area contributed by atoms with Gasteiger partial charge in [-0.25, -0.2) is 4.98 Å². The van der Waals surface area contributed by atoms with E-state index in [9.17, 15) is 4.79 Å². The predicted molar refractivity (Wildman–Crippen MR) is 52.7 cm³/mol. The number of pyridine rings is 1. The second-order valence-electron chi connectivity index (χ2n) is 2.64. The molecule has 1 aromatic heterocycles. The van der Waals surface area contributed by atoms with Gasteiger partial charge in [0.25, 0.3) is 0 Å². The Hall–Kier alpha value is -1.58. The van der Waals surface area contributed by atoms with Gasteiger partial charge in [-0.05, 0) is 19.1 Å². The van der Waals surface area contributed by atoms with Gasteiger partial charge in [0.15, 0.2) is 0 Å². The Balaban J connectivity index is 2.64. The van der Waals surface area contributed by atoms with E-state index in [4.69, 9.17) is 0 Å². The maximum atomic E-state index is 10.7. The number of carbonyl (C=O) groups excluding carboxylic acids is 1. The topological polar surface area (TPSA) is 54.0 Å². The molecule has 0 fully saturated rings. The van der Waals surface area contributed by atoms with E-state index in [0.717, 1.165) is 12.4 Å². The molecule has 0 atom stereocenters. The molecule has 0 spiro atoms. The average Bonchev–Trinajstić information content (AvgIpc) is 2.08. The number of hydrogen-bond donors (Lipinski definition) is 2. The van der Waals surface area contributed by atoms with Gasteiger partial charge in [-0.2, -0.15) is 0 Å². The minimum atomic E-state index is -0.0852. The smallest absolute Gasteiger partial charge is 0.221 e. The lowest BCUT2D eigenvalue weighted by molar-refractivity contribution is -0.114. The van der Waals surface area contributed by atoms with E-state index in [1.165, 1.54) is 6.92 Å². The van der Waals surface area contributed by atoms with Crippen LogP contribution in [0.1, 0.15) is 13.8 Å². The van der Waals surface area contributed by atoms with Crippen LogP contribution in [-0.4, -0.2) is 17.4 Å². The van der Waals surface area contributed by atoms with Crippen molar-refractivity contribution < 1.29 is 4.79 Å². The molecule has 13 heavy (non-hydrogen) atoms. The maximum absolute atomic E-state index is 10.7. The highest BCUT2D eigenvalue weighted by molar-refractivity contribution is 5.88. The third-order valence-electron chi connectivity index (χ3n) is 1.44. The number of hydrogen-bond acceptors (Lipinski definition) is 3. The second-order valence-corrected chi connectivity index (χ2v) is 2.64. The molecular formula is C9H13N3O. The van der Waals surface area contributed by atoms with Crippen LogP contribution in [0.2, 0.25) is 0 Å². The molecule has 1 amide bonds. The van der Waals surface area contributed by atoms with E-state index >= 15 is 0 Å². The average molecular weight is 179 g/mol. The molecule has 0 aromatic carbocycles. The third kappa shape index (κ3) is 3.11. The Morgan fingerprint density at radius 1 is 1.54 bits per heavy atom. The Morgan fingerprint density at radius 2 is 2.31 bits per heavy atom. The van der Waals surface area contributed by atoms with Gasteiger partial charge in [-0.15, -0.1) is 0 Å². The highest BCUT2D eigenvalue weighted by Gasteiger charge is 1.95. The summed E-state index contributed by atoms with van der Waals surface area (Å²) in [4.78, 5) is 14.8. The fraction of sp³-hybridized carbons (Fsp3) is 0.333. The lowest BCUT2D eigenvalue weighted by Gasteiger charge is -2.03. The van der Waals surface area contributed by atoms with Crippen LogP contribution in [-0.2, 0) is 4.79 Å². The summed E-state index contributed by atoms with van der Waals surface area (Å²) in [6, 6.07) is 3.64. The van der Waals surface area contributed by atoms with Crippen LogP contribution in [0.25, 0.3) is 0 Å². The molecule has 4 heteroatoms. The quantitative estimate of drug-likeness (QED) is 0.738. The molecule has 0 radical (unpaired) electrons. The number of nitrogens with one attached hydrogen (secondary N) is 2. The van der Waals surface area contributed by atoms with Crippen LogP contribution in [0, 0.1) is 0 Å². The first-order valence-electron chi connectivity index (χ1n) is 4.20. The summed E-state index contributed by atoms with van der Waals surface area (Å²) in [6.45, 7) is 4.31. The minimum Gasteiger partial charge on any atom is -0.370 e. The van der Waals surface area contributed by atoms with Crippen LogP contribution in [0.5, 0.6) is 0 Å². The molecule has 0 aliphatic carbocycles. The van der Waals surface area contributed by atoms with E-state index in [0.29, 0.717) is 5.69 Å². The van der Waals surface area contributed by atoms with Crippen molar-refractivity contribution in [3.05, 3.63) is 18.3 Å². The van der Waals surface area contributed by atoms with Crippen LogP contribution in [0.4, 0.5) is 11.5 Å². The summed E-state index contributed by atoms with van der Waals surface area (Å²) < 4.78 is 0. The molecule has 0 aliphatic rings. The summed E-state index contributed by atoms with van der Waals surface area (Å²) in [5, 5.41) is 5.71. The second kappa shape index (κ2) is 4.45. The summed E-state index contributed by atoms with van der Waals surface area (Å²) in [5.41, 5.74) is 0.717. The zero-order chi connectivity index (χ0) is 9.68. The highest BCUT2D eigenvalue weighted by Crippen LogP contribution is 2.08. The number of rotatable bonds is 3. The molecule has 2 N–H and O–H groups in total. The largest absolute Gasteiger partial charge is 0.370 e. The molecule has 0 aliphatic heterocycles. The van der Waals surface area contributed by atoms with E-state index < -0.39 is 0 Å². The van der Waals surface area contributed by atoms with Crippen LogP contribution < -0.4 is 10.6 Å². The SMILES string of the molecule is CCNc1ccc(NC(C)=O)cn1. The van der Waals surface area contributed by atoms with Crippen molar-refractivity contribution in [2.24, 2.45) is 0 Å². The van der Waals surface area contributed by atoms with Gasteiger partial charge in [0.1, 0.15) is 5.82 Å². The Labute approximate surface area is 77.4 Å². The van der Waals surface area contributed by atoms with Gasteiger partial charge >= 0.3 is 0 Å².